The first kappa shape index (κ1) is 18.6. The van der Waals surface area contributed by atoms with Crippen molar-refractivity contribution in [3.8, 4) is 0 Å². The van der Waals surface area contributed by atoms with E-state index in [1.807, 2.05) is 13.1 Å². The van der Waals surface area contributed by atoms with Gasteiger partial charge in [-0.25, -0.2) is 4.99 Å². The number of nitrogens with zero attached hydrogens (tertiary/aromatic N) is 3. The molecule has 1 aliphatic rings. The average Bonchev–Trinajstić information content (AvgIpc) is 2.89. The van der Waals surface area contributed by atoms with Crippen LogP contribution in [0.5, 0.6) is 0 Å². The van der Waals surface area contributed by atoms with Gasteiger partial charge in [0.25, 0.3) is 0 Å². The Balaban J connectivity index is 0.00000220. The normalized spacial score (nSPS) is 19.3. The second-order valence-corrected chi connectivity index (χ2v) is 6.45. The number of aliphatic imine (C=N–C) groups is 1. The third kappa shape index (κ3) is 5.36. The molecule has 2 rings (SSSR count). The number of aromatic nitrogens is 2. The van der Waals surface area contributed by atoms with Gasteiger partial charge < -0.3 is 10.2 Å². The quantitative estimate of drug-likeness (QED) is 0.444. The van der Waals surface area contributed by atoms with Crippen LogP contribution < -0.4 is 5.32 Å². The van der Waals surface area contributed by atoms with Crippen LogP contribution in [-0.4, -0.2) is 51.7 Å². The minimum atomic E-state index is 0. The lowest BCUT2D eigenvalue weighted by atomic mass is 10.3. The van der Waals surface area contributed by atoms with Crippen molar-refractivity contribution < 1.29 is 0 Å². The minimum Gasteiger partial charge on any atom is -0.357 e. The highest BCUT2D eigenvalue weighted by Crippen LogP contribution is 2.21. The maximum atomic E-state index is 4.77. The topological polar surface area (TPSA) is 56.3 Å². The molecule has 2 heterocycles. The predicted octanol–water partition coefficient (Wildman–Crippen LogP) is 2.63. The Labute approximate surface area is 148 Å². The summed E-state index contributed by atoms with van der Waals surface area (Å²) in [5.74, 6) is 2.22. The molecule has 0 aliphatic carbocycles. The van der Waals surface area contributed by atoms with Crippen molar-refractivity contribution in [3.63, 3.8) is 0 Å². The Hall–Kier alpha value is -0.440. The molecule has 120 valence electrons. The van der Waals surface area contributed by atoms with Gasteiger partial charge in [-0.1, -0.05) is 6.92 Å². The molecule has 0 spiro atoms. The van der Waals surface area contributed by atoms with Crippen LogP contribution in [0.3, 0.4) is 0 Å². The van der Waals surface area contributed by atoms with Gasteiger partial charge in [-0.05, 0) is 20.3 Å². The van der Waals surface area contributed by atoms with Gasteiger partial charge in [0.05, 0.1) is 12.7 Å². The Morgan fingerprint density at radius 2 is 2.38 bits per heavy atom. The lowest BCUT2D eigenvalue weighted by Crippen LogP contribution is -2.48. The van der Waals surface area contributed by atoms with E-state index in [2.05, 4.69) is 46.0 Å². The van der Waals surface area contributed by atoms with Crippen LogP contribution in [0.4, 0.5) is 0 Å². The molecule has 1 atom stereocenters. The number of aromatic amines is 1. The molecule has 0 aromatic carbocycles. The zero-order chi connectivity index (χ0) is 14.4. The highest BCUT2D eigenvalue weighted by molar-refractivity contribution is 14.0. The molecule has 1 aromatic rings. The van der Waals surface area contributed by atoms with E-state index >= 15 is 0 Å². The van der Waals surface area contributed by atoms with E-state index < -0.39 is 0 Å². The third-order valence-corrected chi connectivity index (χ3v) is 4.93. The van der Waals surface area contributed by atoms with Crippen LogP contribution in [0.25, 0.3) is 0 Å². The van der Waals surface area contributed by atoms with Crippen molar-refractivity contribution in [2.45, 2.75) is 39.0 Å². The minimum absolute atomic E-state index is 0. The molecule has 1 fully saturated rings. The van der Waals surface area contributed by atoms with Gasteiger partial charge in [0.2, 0.25) is 0 Å². The molecule has 7 heteroatoms. The first-order valence-corrected chi connectivity index (χ1v) is 8.43. The van der Waals surface area contributed by atoms with Crippen LogP contribution in [0.15, 0.2) is 11.2 Å². The second kappa shape index (κ2) is 9.55. The number of hydrogen-bond donors (Lipinski definition) is 2. The van der Waals surface area contributed by atoms with Crippen LogP contribution in [0, 0.1) is 6.92 Å². The van der Waals surface area contributed by atoms with Gasteiger partial charge in [-0.15, -0.1) is 24.0 Å². The Kier molecular flexibility index (Phi) is 8.46. The van der Waals surface area contributed by atoms with E-state index in [0.29, 0.717) is 6.54 Å². The predicted molar refractivity (Wildman–Crippen MR) is 102 cm³/mol. The summed E-state index contributed by atoms with van der Waals surface area (Å²) in [6.45, 7) is 10.2. The molecule has 1 unspecified atom stereocenters. The maximum absolute atomic E-state index is 4.77. The van der Waals surface area contributed by atoms with E-state index in [1.165, 1.54) is 17.7 Å². The second-order valence-electron chi connectivity index (χ2n) is 5.04. The number of aryl methyl sites for hydroxylation is 1. The molecular formula is C14H26IN5S. The van der Waals surface area contributed by atoms with Gasteiger partial charge in [0, 0.05) is 41.9 Å². The van der Waals surface area contributed by atoms with E-state index in [9.17, 15) is 0 Å². The summed E-state index contributed by atoms with van der Waals surface area (Å²) in [4.78, 5) is 7.16. The van der Waals surface area contributed by atoms with Gasteiger partial charge >= 0.3 is 0 Å². The fourth-order valence-corrected chi connectivity index (χ4v) is 3.46. The van der Waals surface area contributed by atoms with Crippen molar-refractivity contribution in [2.75, 3.05) is 25.4 Å². The first-order chi connectivity index (χ1) is 9.74. The average molecular weight is 423 g/mol. The van der Waals surface area contributed by atoms with Gasteiger partial charge in [0.1, 0.15) is 0 Å². The molecule has 1 aromatic heterocycles. The molecule has 2 N–H and O–H groups in total. The Bertz CT molecular complexity index is 448. The van der Waals surface area contributed by atoms with Crippen molar-refractivity contribution in [1.82, 2.24) is 20.4 Å². The highest BCUT2D eigenvalue weighted by atomic mass is 127. The zero-order valence-corrected chi connectivity index (χ0v) is 16.2. The summed E-state index contributed by atoms with van der Waals surface area (Å²) < 4.78 is 0. The number of rotatable bonds is 4. The summed E-state index contributed by atoms with van der Waals surface area (Å²) >= 11 is 2.08. The van der Waals surface area contributed by atoms with Gasteiger partial charge in [0.15, 0.2) is 5.96 Å². The molecule has 0 amide bonds. The summed E-state index contributed by atoms with van der Waals surface area (Å²) in [7, 11) is 0. The van der Waals surface area contributed by atoms with Crippen molar-refractivity contribution >= 4 is 41.7 Å². The first-order valence-electron chi connectivity index (χ1n) is 7.38. The number of H-pyrrole nitrogens is 1. The molecule has 21 heavy (non-hydrogen) atoms. The smallest absolute Gasteiger partial charge is 0.194 e. The van der Waals surface area contributed by atoms with E-state index in [-0.39, 0.29) is 24.0 Å². The summed E-state index contributed by atoms with van der Waals surface area (Å²) in [6.07, 6.45) is 3.09. The van der Waals surface area contributed by atoms with Crippen LogP contribution in [0.2, 0.25) is 0 Å². The molecule has 0 bridgehead atoms. The summed E-state index contributed by atoms with van der Waals surface area (Å²) in [5, 5.41) is 11.2. The van der Waals surface area contributed by atoms with Gasteiger partial charge in [-0.3, -0.25) is 5.10 Å². The van der Waals surface area contributed by atoms with Crippen LogP contribution >= 0.6 is 35.7 Å². The van der Waals surface area contributed by atoms with E-state index in [1.54, 1.807) is 0 Å². The molecule has 5 nitrogen and oxygen atoms in total. The third-order valence-electron chi connectivity index (χ3n) is 3.56. The fraction of sp³-hybridized carbons (Fsp3) is 0.714. The largest absolute Gasteiger partial charge is 0.357 e. The van der Waals surface area contributed by atoms with Crippen molar-refractivity contribution in [1.29, 1.82) is 0 Å². The van der Waals surface area contributed by atoms with Crippen molar-refractivity contribution in [3.05, 3.63) is 17.5 Å². The number of guanidine groups is 1. The number of halogens is 1. The van der Waals surface area contributed by atoms with Gasteiger partial charge in [-0.2, -0.15) is 16.9 Å². The molecule has 1 aliphatic heterocycles. The zero-order valence-electron chi connectivity index (χ0n) is 13.1. The molecule has 0 radical (unpaired) electrons. The van der Waals surface area contributed by atoms with E-state index in [4.69, 9.17) is 4.99 Å². The monoisotopic (exact) mass is 423 g/mol. The number of thioether (sulfide) groups is 1. The molecule has 0 saturated carbocycles. The molecule has 1 saturated heterocycles. The SMILES string of the molecule is CCNC(=NCc1cn[nH]c1C)N1CCSC(CC)C1.I. The van der Waals surface area contributed by atoms with Crippen molar-refractivity contribution in [2.24, 2.45) is 4.99 Å². The van der Waals surface area contributed by atoms with Crippen LogP contribution in [-0.2, 0) is 6.54 Å². The lowest BCUT2D eigenvalue weighted by Gasteiger charge is -2.34. The lowest BCUT2D eigenvalue weighted by molar-refractivity contribution is 0.408. The summed E-state index contributed by atoms with van der Waals surface area (Å²) in [5.41, 5.74) is 2.27. The fourth-order valence-electron chi connectivity index (χ4n) is 2.28. The molecular weight excluding hydrogens is 397 g/mol. The standard InChI is InChI=1S/C14H25N5S.HI/c1-4-13-10-19(6-7-20-13)14(15-5-2)16-8-12-9-17-18-11(12)3;/h9,13H,4-8,10H2,1-3H3,(H,15,16)(H,17,18);1H. The highest BCUT2D eigenvalue weighted by Gasteiger charge is 2.21. The van der Waals surface area contributed by atoms with E-state index in [0.717, 1.165) is 36.5 Å². The maximum Gasteiger partial charge on any atom is 0.194 e. The summed E-state index contributed by atoms with van der Waals surface area (Å²) in [6, 6.07) is 0. The number of nitrogens with one attached hydrogen (secondary N) is 2. The van der Waals surface area contributed by atoms with Crippen LogP contribution in [0.1, 0.15) is 31.5 Å². The number of hydrogen-bond acceptors (Lipinski definition) is 3. The Morgan fingerprint density at radius 3 is 3.00 bits per heavy atom. The Morgan fingerprint density at radius 1 is 1.57 bits per heavy atom.